The average molecular weight is 255 g/mol. The van der Waals surface area contributed by atoms with Crippen LogP contribution in [0.25, 0.3) is 0 Å². The maximum absolute atomic E-state index is 9.11. The van der Waals surface area contributed by atoms with Crippen LogP contribution in [0.4, 0.5) is 5.69 Å². The molecule has 3 N–H and O–H groups in total. The van der Waals surface area contributed by atoms with E-state index in [4.69, 9.17) is 10.2 Å². The molecule has 17 heavy (non-hydrogen) atoms. The lowest BCUT2D eigenvalue weighted by atomic mass is 10.2. The van der Waals surface area contributed by atoms with Gasteiger partial charge in [-0.2, -0.15) is 0 Å². The molecule has 1 unspecified atom stereocenters. The molecule has 0 aliphatic heterocycles. The van der Waals surface area contributed by atoms with Crippen molar-refractivity contribution in [2.24, 2.45) is 0 Å². The van der Waals surface area contributed by atoms with Crippen LogP contribution in [0, 0.1) is 0 Å². The van der Waals surface area contributed by atoms with Gasteiger partial charge in [-0.15, -0.1) is 11.8 Å². The lowest BCUT2D eigenvalue weighted by molar-refractivity contribution is 0.229. The zero-order chi connectivity index (χ0) is 12.7. The van der Waals surface area contributed by atoms with E-state index in [0.29, 0.717) is 11.7 Å². The Hall–Kier alpha value is -0.710. The van der Waals surface area contributed by atoms with Crippen LogP contribution in [0.1, 0.15) is 20.3 Å². The number of benzene rings is 1. The Balaban J connectivity index is 2.54. The molecule has 1 rings (SSSR count). The fourth-order valence-electron chi connectivity index (χ4n) is 1.50. The molecule has 0 amide bonds. The van der Waals surface area contributed by atoms with Crippen LogP contribution in [0.5, 0.6) is 0 Å². The van der Waals surface area contributed by atoms with Crippen molar-refractivity contribution in [2.45, 2.75) is 36.5 Å². The third kappa shape index (κ3) is 5.44. The topological polar surface area (TPSA) is 52.5 Å². The third-order valence-corrected chi connectivity index (χ3v) is 3.31. The molecule has 3 nitrogen and oxygen atoms in total. The maximum Gasteiger partial charge on any atom is 0.0633 e. The van der Waals surface area contributed by atoms with Gasteiger partial charge in [0.15, 0.2) is 0 Å². The van der Waals surface area contributed by atoms with E-state index in [9.17, 15) is 0 Å². The highest BCUT2D eigenvalue weighted by Crippen LogP contribution is 2.24. The Morgan fingerprint density at radius 2 is 1.82 bits per heavy atom. The Bertz CT molecular complexity index is 314. The molecular weight excluding hydrogens is 234 g/mol. The number of rotatable bonds is 7. The van der Waals surface area contributed by atoms with Crippen LogP contribution in [-0.4, -0.2) is 34.7 Å². The zero-order valence-electron chi connectivity index (χ0n) is 10.4. The Labute approximate surface area is 107 Å². The summed E-state index contributed by atoms with van der Waals surface area (Å²) in [7, 11) is 0. The van der Waals surface area contributed by atoms with E-state index < -0.39 is 0 Å². The molecule has 1 atom stereocenters. The van der Waals surface area contributed by atoms with Gasteiger partial charge in [0.1, 0.15) is 0 Å². The number of aliphatic hydroxyl groups is 2. The summed E-state index contributed by atoms with van der Waals surface area (Å²) in [5.74, 6) is 0. The van der Waals surface area contributed by atoms with Crippen LogP contribution < -0.4 is 5.32 Å². The molecule has 0 radical (unpaired) electrons. The van der Waals surface area contributed by atoms with Gasteiger partial charge < -0.3 is 15.5 Å². The molecule has 1 aromatic rings. The van der Waals surface area contributed by atoms with Crippen molar-refractivity contribution >= 4 is 17.4 Å². The summed E-state index contributed by atoms with van der Waals surface area (Å²) in [6.07, 6.45) is 0.555. The van der Waals surface area contributed by atoms with E-state index in [0.717, 1.165) is 5.69 Å². The minimum absolute atomic E-state index is 0.0308. The van der Waals surface area contributed by atoms with Gasteiger partial charge in [0.05, 0.1) is 12.6 Å². The first-order valence-electron chi connectivity index (χ1n) is 5.90. The highest BCUT2D eigenvalue weighted by molar-refractivity contribution is 7.99. The van der Waals surface area contributed by atoms with Gasteiger partial charge >= 0.3 is 0 Å². The fourth-order valence-corrected chi connectivity index (χ4v) is 2.34. The summed E-state index contributed by atoms with van der Waals surface area (Å²) in [6, 6.07) is 8.07. The molecule has 0 saturated carbocycles. The number of anilines is 1. The van der Waals surface area contributed by atoms with Crippen molar-refractivity contribution in [3.05, 3.63) is 24.3 Å². The van der Waals surface area contributed by atoms with Crippen LogP contribution in [0.15, 0.2) is 29.2 Å². The van der Waals surface area contributed by atoms with Crippen molar-refractivity contribution < 1.29 is 10.2 Å². The van der Waals surface area contributed by atoms with Gasteiger partial charge in [0.25, 0.3) is 0 Å². The molecule has 4 heteroatoms. The monoisotopic (exact) mass is 255 g/mol. The van der Waals surface area contributed by atoms with Gasteiger partial charge in [-0.05, 0) is 30.7 Å². The molecule has 0 aromatic heterocycles. The molecule has 0 bridgehead atoms. The van der Waals surface area contributed by atoms with Crippen molar-refractivity contribution in [2.75, 3.05) is 18.5 Å². The zero-order valence-corrected chi connectivity index (χ0v) is 11.2. The molecule has 0 heterocycles. The molecule has 0 aliphatic rings. The smallest absolute Gasteiger partial charge is 0.0633 e. The summed E-state index contributed by atoms with van der Waals surface area (Å²) in [5.41, 5.74) is 0.977. The van der Waals surface area contributed by atoms with Crippen molar-refractivity contribution in [1.82, 2.24) is 0 Å². The quantitative estimate of drug-likeness (QED) is 0.655. The van der Waals surface area contributed by atoms with Crippen LogP contribution in [0.3, 0.4) is 0 Å². The second kappa shape index (κ2) is 7.58. The van der Waals surface area contributed by atoms with E-state index in [2.05, 4.69) is 31.3 Å². The van der Waals surface area contributed by atoms with Gasteiger partial charge in [-0.3, -0.25) is 0 Å². The third-order valence-electron chi connectivity index (χ3n) is 2.29. The maximum atomic E-state index is 9.11. The van der Waals surface area contributed by atoms with E-state index in [1.54, 1.807) is 0 Å². The summed E-state index contributed by atoms with van der Waals surface area (Å²) >= 11 is 1.82. The number of thioether (sulfide) groups is 1. The van der Waals surface area contributed by atoms with E-state index in [1.165, 1.54) is 4.90 Å². The van der Waals surface area contributed by atoms with E-state index in [1.807, 2.05) is 23.9 Å². The van der Waals surface area contributed by atoms with Crippen LogP contribution in [0.2, 0.25) is 0 Å². The fraction of sp³-hybridized carbons (Fsp3) is 0.538. The van der Waals surface area contributed by atoms with Crippen molar-refractivity contribution in [3.63, 3.8) is 0 Å². The largest absolute Gasteiger partial charge is 0.396 e. The number of hydrogen-bond acceptors (Lipinski definition) is 4. The SMILES string of the molecule is CC(C)Sc1ccc(NC(CO)CCO)cc1. The first-order valence-corrected chi connectivity index (χ1v) is 6.78. The standard InChI is InChI=1S/C13H21NO2S/c1-10(2)17-13-5-3-11(4-6-13)14-12(9-16)7-8-15/h3-6,10,12,14-16H,7-9H2,1-2H3. The van der Waals surface area contributed by atoms with Gasteiger partial charge in [0, 0.05) is 22.4 Å². The predicted octanol–water partition coefficient (Wildman–Crippen LogP) is 2.34. The lowest BCUT2D eigenvalue weighted by Crippen LogP contribution is -2.24. The van der Waals surface area contributed by atoms with Gasteiger partial charge in [0.2, 0.25) is 0 Å². The molecule has 0 aliphatic carbocycles. The first-order chi connectivity index (χ1) is 8.15. The first kappa shape index (κ1) is 14.4. The average Bonchev–Trinajstić information content (AvgIpc) is 2.30. The predicted molar refractivity (Wildman–Crippen MR) is 73.6 cm³/mol. The molecule has 96 valence electrons. The lowest BCUT2D eigenvalue weighted by Gasteiger charge is -2.16. The van der Waals surface area contributed by atoms with Crippen LogP contribution in [-0.2, 0) is 0 Å². The van der Waals surface area contributed by atoms with E-state index in [-0.39, 0.29) is 19.3 Å². The molecule has 0 saturated heterocycles. The van der Waals surface area contributed by atoms with Crippen LogP contribution >= 0.6 is 11.8 Å². The summed E-state index contributed by atoms with van der Waals surface area (Å²) in [4.78, 5) is 1.24. The van der Waals surface area contributed by atoms with E-state index >= 15 is 0 Å². The normalized spacial score (nSPS) is 12.8. The minimum Gasteiger partial charge on any atom is -0.396 e. The molecule has 1 aromatic carbocycles. The van der Waals surface area contributed by atoms with Crippen molar-refractivity contribution in [3.8, 4) is 0 Å². The minimum atomic E-state index is -0.0800. The Morgan fingerprint density at radius 1 is 1.18 bits per heavy atom. The summed E-state index contributed by atoms with van der Waals surface area (Å²) in [5, 5.41) is 21.7. The summed E-state index contributed by atoms with van der Waals surface area (Å²) in [6.45, 7) is 4.45. The number of hydrogen-bond donors (Lipinski definition) is 3. The Kier molecular flexibility index (Phi) is 6.40. The summed E-state index contributed by atoms with van der Waals surface area (Å²) < 4.78 is 0. The molecular formula is C13H21NO2S. The Morgan fingerprint density at radius 3 is 2.29 bits per heavy atom. The second-order valence-electron chi connectivity index (χ2n) is 4.23. The number of aliphatic hydroxyl groups excluding tert-OH is 2. The van der Waals surface area contributed by atoms with Gasteiger partial charge in [-0.1, -0.05) is 13.8 Å². The highest BCUT2D eigenvalue weighted by atomic mass is 32.2. The molecule has 0 spiro atoms. The highest BCUT2D eigenvalue weighted by Gasteiger charge is 2.06. The van der Waals surface area contributed by atoms with Gasteiger partial charge in [-0.25, -0.2) is 0 Å². The number of nitrogens with one attached hydrogen (secondary N) is 1. The second-order valence-corrected chi connectivity index (χ2v) is 5.88. The van der Waals surface area contributed by atoms with Crippen molar-refractivity contribution in [1.29, 1.82) is 0 Å². The molecule has 0 fully saturated rings.